The minimum atomic E-state index is -0.814. The second-order valence-corrected chi connectivity index (χ2v) is 17.9. The molecule has 6 heteroatoms. The highest BCUT2D eigenvalue weighted by molar-refractivity contribution is 5.71. The molecule has 0 rings (SSSR count). The lowest BCUT2D eigenvalue weighted by atomic mass is 10.1. The maximum Gasteiger partial charge on any atom is 0.306 e. The van der Waals surface area contributed by atoms with E-state index in [1.807, 2.05) is 72.9 Å². The Morgan fingerprint density at radius 2 is 0.638 bits per heavy atom. The molecule has 1 atom stereocenters. The number of esters is 3. The first-order valence-corrected chi connectivity index (χ1v) is 27.8. The van der Waals surface area contributed by atoms with Crippen LogP contribution in [0, 0.1) is 0 Å². The molecular formula is C63H100O6. The lowest BCUT2D eigenvalue weighted by molar-refractivity contribution is -0.167. The largest absolute Gasteiger partial charge is 0.462 e. The molecule has 0 aliphatic carbocycles. The highest BCUT2D eigenvalue weighted by Gasteiger charge is 2.19. The van der Waals surface area contributed by atoms with Crippen molar-refractivity contribution in [3.05, 3.63) is 134 Å². The van der Waals surface area contributed by atoms with Gasteiger partial charge in [0.05, 0.1) is 0 Å². The van der Waals surface area contributed by atoms with Crippen LogP contribution >= 0.6 is 0 Å². The van der Waals surface area contributed by atoms with Crippen LogP contribution in [-0.2, 0) is 28.6 Å². The summed E-state index contributed by atoms with van der Waals surface area (Å²) in [5.74, 6) is -0.983. The van der Waals surface area contributed by atoms with Gasteiger partial charge < -0.3 is 14.2 Å². The second kappa shape index (κ2) is 56.1. The maximum absolute atomic E-state index is 12.8. The van der Waals surface area contributed by atoms with Gasteiger partial charge in [-0.25, -0.2) is 0 Å². The Bertz CT molecular complexity index is 1510. The molecule has 0 spiro atoms. The Morgan fingerprint density at radius 3 is 1.07 bits per heavy atom. The molecule has 0 aromatic carbocycles. The van der Waals surface area contributed by atoms with Gasteiger partial charge in [-0.3, -0.25) is 14.4 Å². The van der Waals surface area contributed by atoms with Crippen molar-refractivity contribution in [2.75, 3.05) is 13.2 Å². The van der Waals surface area contributed by atoms with Crippen LogP contribution < -0.4 is 0 Å². The number of allylic oxidation sites excluding steroid dienone is 22. The molecule has 69 heavy (non-hydrogen) atoms. The van der Waals surface area contributed by atoms with Gasteiger partial charge in [0.1, 0.15) is 13.2 Å². The highest BCUT2D eigenvalue weighted by Crippen LogP contribution is 2.14. The predicted molar refractivity (Wildman–Crippen MR) is 297 cm³/mol. The molecule has 0 fully saturated rings. The van der Waals surface area contributed by atoms with Crippen molar-refractivity contribution in [3.63, 3.8) is 0 Å². The highest BCUT2D eigenvalue weighted by atomic mass is 16.6. The third-order valence-electron chi connectivity index (χ3n) is 11.3. The Labute approximate surface area is 424 Å². The minimum absolute atomic E-state index is 0.108. The summed E-state index contributed by atoms with van der Waals surface area (Å²) in [5.41, 5.74) is 0. The summed E-state index contributed by atoms with van der Waals surface area (Å²) >= 11 is 0. The van der Waals surface area contributed by atoms with E-state index < -0.39 is 6.10 Å². The Morgan fingerprint density at radius 1 is 0.319 bits per heavy atom. The Balaban J connectivity index is 4.55. The number of carbonyl (C=O) groups is 3. The lowest BCUT2D eigenvalue weighted by Crippen LogP contribution is -2.30. The fourth-order valence-corrected chi connectivity index (χ4v) is 7.22. The fourth-order valence-electron chi connectivity index (χ4n) is 7.22. The molecule has 0 saturated carbocycles. The van der Waals surface area contributed by atoms with Crippen LogP contribution in [0.2, 0.25) is 0 Å². The molecule has 0 N–H and O–H groups in total. The molecule has 0 amide bonds. The van der Waals surface area contributed by atoms with E-state index in [0.717, 1.165) is 109 Å². The summed E-state index contributed by atoms with van der Waals surface area (Å²) in [4.78, 5) is 38.1. The van der Waals surface area contributed by atoms with E-state index in [4.69, 9.17) is 14.2 Å². The topological polar surface area (TPSA) is 78.9 Å². The van der Waals surface area contributed by atoms with Gasteiger partial charge in [-0.05, 0) is 89.9 Å². The van der Waals surface area contributed by atoms with E-state index >= 15 is 0 Å². The van der Waals surface area contributed by atoms with Crippen LogP contribution in [-0.4, -0.2) is 37.2 Å². The second-order valence-electron chi connectivity index (χ2n) is 17.9. The fraction of sp³-hybridized carbons (Fsp3) is 0.603. The summed E-state index contributed by atoms with van der Waals surface area (Å²) < 4.78 is 16.8. The summed E-state index contributed by atoms with van der Waals surface area (Å²) in [7, 11) is 0. The van der Waals surface area contributed by atoms with Crippen molar-refractivity contribution in [1.29, 1.82) is 0 Å². The van der Waals surface area contributed by atoms with Crippen molar-refractivity contribution in [2.45, 2.75) is 232 Å². The number of hydrogen-bond acceptors (Lipinski definition) is 6. The van der Waals surface area contributed by atoms with E-state index in [1.54, 1.807) is 0 Å². The lowest BCUT2D eigenvalue weighted by Gasteiger charge is -2.18. The molecule has 6 nitrogen and oxygen atoms in total. The smallest absolute Gasteiger partial charge is 0.306 e. The molecule has 0 aliphatic heterocycles. The summed E-state index contributed by atoms with van der Waals surface area (Å²) in [6, 6.07) is 0. The van der Waals surface area contributed by atoms with Crippen molar-refractivity contribution < 1.29 is 28.6 Å². The average molecular weight is 953 g/mol. The monoisotopic (exact) mass is 953 g/mol. The first-order valence-electron chi connectivity index (χ1n) is 27.8. The van der Waals surface area contributed by atoms with Crippen LogP contribution in [0.25, 0.3) is 0 Å². The predicted octanol–water partition coefficient (Wildman–Crippen LogP) is 18.6. The van der Waals surface area contributed by atoms with Crippen molar-refractivity contribution in [2.24, 2.45) is 0 Å². The number of rotatable bonds is 48. The average Bonchev–Trinajstić information content (AvgIpc) is 3.35. The molecule has 0 heterocycles. The van der Waals surface area contributed by atoms with Crippen molar-refractivity contribution in [1.82, 2.24) is 0 Å². The summed E-state index contributed by atoms with van der Waals surface area (Å²) in [6.45, 7) is 6.31. The van der Waals surface area contributed by atoms with E-state index in [0.29, 0.717) is 19.3 Å². The van der Waals surface area contributed by atoms with E-state index in [9.17, 15) is 14.4 Å². The van der Waals surface area contributed by atoms with Crippen molar-refractivity contribution in [3.8, 4) is 0 Å². The maximum atomic E-state index is 12.8. The molecule has 1 unspecified atom stereocenters. The quantitative estimate of drug-likeness (QED) is 0.0199. The van der Waals surface area contributed by atoms with Crippen molar-refractivity contribution >= 4 is 17.9 Å². The third-order valence-corrected chi connectivity index (χ3v) is 11.3. The zero-order valence-corrected chi connectivity index (χ0v) is 44.3. The van der Waals surface area contributed by atoms with Gasteiger partial charge in [0, 0.05) is 19.3 Å². The Hall–Kier alpha value is -4.45. The van der Waals surface area contributed by atoms with Gasteiger partial charge in [-0.1, -0.05) is 251 Å². The van der Waals surface area contributed by atoms with Crippen LogP contribution in [0.4, 0.5) is 0 Å². The molecule has 0 aliphatic rings. The normalized spacial score (nSPS) is 13.1. The molecule has 388 valence electrons. The molecular weight excluding hydrogens is 853 g/mol. The van der Waals surface area contributed by atoms with Crippen LogP contribution in [0.15, 0.2) is 134 Å². The van der Waals surface area contributed by atoms with Gasteiger partial charge >= 0.3 is 17.9 Å². The van der Waals surface area contributed by atoms with Crippen LogP contribution in [0.5, 0.6) is 0 Å². The van der Waals surface area contributed by atoms with Crippen LogP contribution in [0.3, 0.4) is 0 Å². The first-order chi connectivity index (χ1) is 34.0. The van der Waals surface area contributed by atoms with Gasteiger partial charge in [0.25, 0.3) is 0 Å². The van der Waals surface area contributed by atoms with Gasteiger partial charge in [-0.15, -0.1) is 0 Å². The van der Waals surface area contributed by atoms with E-state index in [-0.39, 0.29) is 31.1 Å². The third kappa shape index (κ3) is 54.4. The minimum Gasteiger partial charge on any atom is -0.462 e. The number of ether oxygens (including phenoxy) is 3. The molecule has 0 radical (unpaired) electrons. The zero-order valence-electron chi connectivity index (χ0n) is 44.3. The Kier molecular flexibility index (Phi) is 52.5. The molecule has 0 aromatic heterocycles. The zero-order chi connectivity index (χ0) is 50.0. The van der Waals surface area contributed by atoms with Crippen LogP contribution in [0.1, 0.15) is 226 Å². The van der Waals surface area contributed by atoms with E-state index in [2.05, 4.69) is 81.5 Å². The summed E-state index contributed by atoms with van der Waals surface area (Å²) in [5, 5.41) is 0. The summed E-state index contributed by atoms with van der Waals surface area (Å²) in [6.07, 6.45) is 78.6. The molecule has 0 bridgehead atoms. The number of carbonyl (C=O) groups excluding carboxylic acids is 3. The van der Waals surface area contributed by atoms with Gasteiger partial charge in [-0.2, -0.15) is 0 Å². The number of unbranched alkanes of at least 4 members (excludes halogenated alkanes) is 22. The van der Waals surface area contributed by atoms with Gasteiger partial charge in [0.15, 0.2) is 6.10 Å². The molecule has 0 aromatic rings. The number of hydrogen-bond donors (Lipinski definition) is 0. The van der Waals surface area contributed by atoms with E-state index in [1.165, 1.54) is 77.0 Å². The standard InChI is InChI=1S/C63H100O6/c1-4-7-10-13-16-19-22-25-28-30-32-34-35-38-41-44-47-50-53-56-62(65)68-59-60(58-67-61(64)55-52-49-46-43-40-37-27-24-21-18-15-12-9-6-3)69-63(66)57-54-51-48-45-42-39-36-33-31-29-26-23-20-17-14-11-8-5-2/h7,9-10,12-13,16,18-19,21-22,25,28-36,38,41,60H,4-6,8,11,14-15,17,20,23-24,26-27,37,39-40,42-59H2,1-3H3/b10-7-,12-9-,16-13-,21-18-,22-19-,28-25-,31-29-,32-30+,35-34-,36-33-,41-38-. The first kappa shape index (κ1) is 64.5. The van der Waals surface area contributed by atoms with Gasteiger partial charge in [0.2, 0.25) is 0 Å². The SMILES string of the molecule is CC\C=C/C=C\C=C/C=C\C=C\C=C/C=C\CCCCCC(=O)OCC(COC(=O)CCCCCCCCC/C=C\C/C=C\CC)OC(=O)CCCCCCC/C=C\C=C/CCCCCCCCC. The molecule has 0 saturated heterocycles.